The van der Waals surface area contributed by atoms with Crippen molar-refractivity contribution in [3.8, 4) is 17.2 Å². The first-order valence-corrected chi connectivity index (χ1v) is 13.3. The van der Waals surface area contributed by atoms with Gasteiger partial charge < -0.3 is 24.1 Å². The number of carbonyl (C=O) groups is 1. The molecule has 3 aromatic heterocycles. The van der Waals surface area contributed by atoms with E-state index in [0.717, 1.165) is 56.2 Å². The topological polar surface area (TPSA) is 103 Å². The molecule has 5 heterocycles. The summed E-state index contributed by atoms with van der Waals surface area (Å²) in [7, 11) is 0. The SMILES string of the molecule is CC(C)n1cnnc1-c1cccc(NC(=O)c2cc(-n3cnc(C4CC4)c3)c(N3CC4(COC4)C3)cc2F)n1. The van der Waals surface area contributed by atoms with Crippen molar-refractivity contribution in [3.63, 3.8) is 0 Å². The second-order valence-corrected chi connectivity index (χ2v) is 11.2. The van der Waals surface area contributed by atoms with E-state index in [4.69, 9.17) is 4.74 Å². The molecule has 0 radical (unpaired) electrons. The fraction of sp³-hybridized carbons (Fsp3) is 0.393. The molecule has 39 heavy (non-hydrogen) atoms. The summed E-state index contributed by atoms with van der Waals surface area (Å²) in [6.07, 6.45) is 7.66. The van der Waals surface area contributed by atoms with Crippen molar-refractivity contribution in [2.75, 3.05) is 36.5 Å². The third-order valence-electron chi connectivity index (χ3n) is 7.74. The summed E-state index contributed by atoms with van der Waals surface area (Å²) in [6.45, 7) is 7.11. The molecule has 1 saturated carbocycles. The van der Waals surface area contributed by atoms with E-state index in [1.807, 2.05) is 29.2 Å². The Hall–Kier alpha value is -4.12. The molecule has 1 aliphatic carbocycles. The summed E-state index contributed by atoms with van der Waals surface area (Å²) in [4.78, 5) is 24.6. The predicted molar refractivity (Wildman–Crippen MR) is 143 cm³/mol. The van der Waals surface area contributed by atoms with Gasteiger partial charge in [-0.15, -0.1) is 10.2 Å². The molecular formula is C28H29FN8O2. The van der Waals surface area contributed by atoms with Crippen LogP contribution in [0.5, 0.6) is 0 Å². The predicted octanol–water partition coefficient (Wildman–Crippen LogP) is 4.21. The molecule has 7 rings (SSSR count). The van der Waals surface area contributed by atoms with Crippen LogP contribution in [0.15, 0.2) is 49.2 Å². The number of imidazole rings is 1. The van der Waals surface area contributed by atoms with Gasteiger partial charge in [0.15, 0.2) is 5.82 Å². The molecule has 3 fully saturated rings. The Bertz CT molecular complexity index is 1560. The molecule has 1 N–H and O–H groups in total. The van der Waals surface area contributed by atoms with Gasteiger partial charge in [-0.3, -0.25) is 4.79 Å². The number of benzene rings is 1. The zero-order valence-electron chi connectivity index (χ0n) is 21.8. The van der Waals surface area contributed by atoms with E-state index in [9.17, 15) is 4.79 Å². The standard InChI is InChI=1S/C28H29FN8O2/c1-17(2)37-16-31-34-26(37)21-4-3-5-25(32-21)33-27(38)19-8-23(35-10-22(30-15-35)18-6-7-18)24(9-20(19)29)36-11-28(12-36)13-39-14-28/h3-5,8-10,15-18H,6-7,11-14H2,1-2H3,(H,32,33,38). The minimum absolute atomic E-state index is 0.0600. The molecule has 1 aromatic carbocycles. The van der Waals surface area contributed by atoms with Gasteiger partial charge in [0.1, 0.15) is 23.7 Å². The zero-order valence-corrected chi connectivity index (χ0v) is 21.8. The van der Waals surface area contributed by atoms with Crippen LogP contribution in [-0.4, -0.2) is 61.5 Å². The van der Waals surface area contributed by atoms with E-state index in [2.05, 4.69) is 30.4 Å². The Morgan fingerprint density at radius 2 is 1.97 bits per heavy atom. The number of anilines is 2. The Morgan fingerprint density at radius 1 is 1.15 bits per heavy atom. The van der Waals surface area contributed by atoms with Gasteiger partial charge in [-0.05, 0) is 44.9 Å². The summed E-state index contributed by atoms with van der Waals surface area (Å²) in [6, 6.07) is 8.46. The lowest BCUT2D eigenvalue weighted by molar-refractivity contribution is -0.127. The zero-order chi connectivity index (χ0) is 26.7. The molecule has 1 spiro atoms. The summed E-state index contributed by atoms with van der Waals surface area (Å²) >= 11 is 0. The van der Waals surface area contributed by atoms with Crippen LogP contribution < -0.4 is 10.2 Å². The molecule has 1 amide bonds. The fourth-order valence-electron chi connectivity index (χ4n) is 5.37. The number of carbonyl (C=O) groups excluding carboxylic acids is 1. The quantitative estimate of drug-likeness (QED) is 0.383. The van der Waals surface area contributed by atoms with Gasteiger partial charge in [0.25, 0.3) is 5.91 Å². The van der Waals surface area contributed by atoms with Crippen molar-refractivity contribution in [3.05, 3.63) is 66.3 Å². The van der Waals surface area contributed by atoms with Crippen LogP contribution >= 0.6 is 0 Å². The number of pyridine rings is 1. The van der Waals surface area contributed by atoms with Crippen LogP contribution in [0.3, 0.4) is 0 Å². The highest BCUT2D eigenvalue weighted by Gasteiger charge is 2.49. The molecule has 200 valence electrons. The van der Waals surface area contributed by atoms with Crippen LogP contribution in [0.25, 0.3) is 17.2 Å². The van der Waals surface area contributed by atoms with E-state index < -0.39 is 11.7 Å². The van der Waals surface area contributed by atoms with Gasteiger partial charge in [-0.2, -0.15) is 0 Å². The maximum atomic E-state index is 15.5. The minimum atomic E-state index is -0.588. The Labute approximate surface area is 224 Å². The maximum Gasteiger partial charge on any atom is 0.259 e. The molecule has 0 bridgehead atoms. The fourth-order valence-corrected chi connectivity index (χ4v) is 5.37. The second-order valence-electron chi connectivity index (χ2n) is 11.2. The summed E-state index contributed by atoms with van der Waals surface area (Å²) in [5.41, 5.74) is 3.16. The van der Waals surface area contributed by atoms with Gasteiger partial charge in [-0.1, -0.05) is 6.07 Å². The van der Waals surface area contributed by atoms with Crippen molar-refractivity contribution < 1.29 is 13.9 Å². The summed E-state index contributed by atoms with van der Waals surface area (Å²) in [5.74, 6) is 0.210. The smallest absolute Gasteiger partial charge is 0.259 e. The highest BCUT2D eigenvalue weighted by Crippen LogP contribution is 2.43. The van der Waals surface area contributed by atoms with Gasteiger partial charge in [0.2, 0.25) is 0 Å². The van der Waals surface area contributed by atoms with Gasteiger partial charge in [0.05, 0.1) is 47.6 Å². The van der Waals surface area contributed by atoms with Crippen molar-refractivity contribution in [1.29, 1.82) is 0 Å². The number of amides is 1. The number of nitrogens with zero attached hydrogens (tertiary/aromatic N) is 7. The number of nitrogens with one attached hydrogen (secondary N) is 1. The normalized spacial score (nSPS) is 17.8. The Kier molecular flexibility index (Phi) is 5.51. The molecule has 10 nitrogen and oxygen atoms in total. The minimum Gasteiger partial charge on any atom is -0.380 e. The van der Waals surface area contributed by atoms with E-state index in [1.54, 1.807) is 36.9 Å². The number of hydrogen-bond donors (Lipinski definition) is 1. The third-order valence-corrected chi connectivity index (χ3v) is 7.74. The van der Waals surface area contributed by atoms with E-state index in [0.29, 0.717) is 23.3 Å². The van der Waals surface area contributed by atoms with Crippen LogP contribution in [0.4, 0.5) is 15.9 Å². The molecule has 2 aliphatic heterocycles. The number of hydrogen-bond acceptors (Lipinski definition) is 7. The molecular weight excluding hydrogens is 499 g/mol. The molecule has 2 saturated heterocycles. The number of halogens is 1. The molecule has 0 unspecified atom stereocenters. The highest BCUT2D eigenvalue weighted by molar-refractivity contribution is 6.05. The number of ether oxygens (including phenoxy) is 1. The van der Waals surface area contributed by atoms with E-state index >= 15 is 4.39 Å². The van der Waals surface area contributed by atoms with Crippen LogP contribution in [0.1, 0.15) is 54.7 Å². The highest BCUT2D eigenvalue weighted by atomic mass is 19.1. The third kappa shape index (κ3) is 4.26. The van der Waals surface area contributed by atoms with Crippen LogP contribution in [0, 0.1) is 11.2 Å². The largest absolute Gasteiger partial charge is 0.380 e. The average Bonchev–Trinajstić information content (AvgIpc) is 3.38. The Balaban J connectivity index is 1.20. The monoisotopic (exact) mass is 528 g/mol. The molecule has 4 aromatic rings. The lowest BCUT2D eigenvalue weighted by atomic mass is 9.77. The van der Waals surface area contributed by atoms with Crippen LogP contribution in [-0.2, 0) is 4.74 Å². The number of aromatic nitrogens is 6. The first-order valence-electron chi connectivity index (χ1n) is 13.3. The van der Waals surface area contributed by atoms with Gasteiger partial charge in [-0.25, -0.2) is 14.4 Å². The molecule has 3 aliphatic rings. The summed E-state index contributed by atoms with van der Waals surface area (Å²) in [5, 5.41) is 10.9. The Morgan fingerprint density at radius 3 is 2.69 bits per heavy atom. The van der Waals surface area contributed by atoms with Crippen molar-refractivity contribution >= 4 is 17.4 Å². The van der Waals surface area contributed by atoms with Crippen molar-refractivity contribution in [2.45, 2.75) is 38.6 Å². The molecule has 0 atom stereocenters. The number of rotatable bonds is 7. The first-order chi connectivity index (χ1) is 18.9. The van der Waals surface area contributed by atoms with E-state index in [-0.39, 0.29) is 17.0 Å². The first kappa shape index (κ1) is 24.0. The van der Waals surface area contributed by atoms with Gasteiger partial charge in [0, 0.05) is 37.3 Å². The average molecular weight is 529 g/mol. The lowest BCUT2D eigenvalue weighted by Gasteiger charge is -2.56. The van der Waals surface area contributed by atoms with Crippen molar-refractivity contribution in [1.82, 2.24) is 29.3 Å². The van der Waals surface area contributed by atoms with E-state index in [1.165, 1.54) is 6.07 Å². The lowest BCUT2D eigenvalue weighted by Crippen LogP contribution is -2.66. The maximum absolute atomic E-state index is 15.5. The van der Waals surface area contributed by atoms with Gasteiger partial charge >= 0.3 is 0 Å². The van der Waals surface area contributed by atoms with Crippen molar-refractivity contribution in [2.24, 2.45) is 5.41 Å². The van der Waals surface area contributed by atoms with Crippen LogP contribution in [0.2, 0.25) is 0 Å². The summed E-state index contributed by atoms with van der Waals surface area (Å²) < 4.78 is 24.7. The molecule has 11 heteroatoms. The second kappa shape index (κ2) is 8.98.